The van der Waals surface area contributed by atoms with Crippen molar-refractivity contribution in [2.24, 2.45) is 0 Å². The molecule has 19 heavy (non-hydrogen) atoms. The minimum absolute atomic E-state index is 0.403. The Hall–Kier alpha value is -1.67. The van der Waals surface area contributed by atoms with Crippen molar-refractivity contribution >= 4 is 33.4 Å². The lowest BCUT2D eigenvalue weighted by Gasteiger charge is -2.09. The summed E-state index contributed by atoms with van der Waals surface area (Å²) in [5.74, 6) is 0.403. The SMILES string of the molecule is Cc1cc(Cl)nc2c1ccc1ccc(C(C)C)nc12. The zero-order valence-electron chi connectivity index (χ0n) is 11.2. The van der Waals surface area contributed by atoms with Crippen LogP contribution in [0.5, 0.6) is 0 Å². The number of pyridine rings is 2. The average Bonchev–Trinajstić information content (AvgIpc) is 2.37. The second-order valence-corrected chi connectivity index (χ2v) is 5.57. The summed E-state index contributed by atoms with van der Waals surface area (Å²) >= 11 is 6.09. The monoisotopic (exact) mass is 270 g/mol. The Morgan fingerprint density at radius 3 is 2.47 bits per heavy atom. The van der Waals surface area contributed by atoms with Crippen LogP contribution in [-0.4, -0.2) is 9.97 Å². The van der Waals surface area contributed by atoms with Crippen LogP contribution in [0.2, 0.25) is 5.15 Å². The van der Waals surface area contributed by atoms with Gasteiger partial charge in [-0.05, 0) is 30.5 Å². The molecule has 0 radical (unpaired) electrons. The van der Waals surface area contributed by atoms with Gasteiger partial charge in [-0.15, -0.1) is 0 Å². The molecule has 2 aromatic heterocycles. The molecule has 0 amide bonds. The second kappa shape index (κ2) is 4.46. The Morgan fingerprint density at radius 1 is 1.00 bits per heavy atom. The van der Waals surface area contributed by atoms with Gasteiger partial charge in [0.1, 0.15) is 5.15 Å². The molecule has 0 aliphatic heterocycles. The molecule has 1 aromatic carbocycles. The van der Waals surface area contributed by atoms with E-state index in [0.717, 1.165) is 33.1 Å². The molecule has 3 aromatic rings. The summed E-state index contributed by atoms with van der Waals surface area (Å²) in [7, 11) is 0. The molecule has 0 saturated carbocycles. The number of hydrogen-bond acceptors (Lipinski definition) is 2. The van der Waals surface area contributed by atoms with Crippen LogP contribution in [0.15, 0.2) is 30.3 Å². The summed E-state index contributed by atoms with van der Waals surface area (Å²) in [4.78, 5) is 9.23. The molecule has 0 aliphatic rings. The lowest BCUT2D eigenvalue weighted by atomic mass is 10.0. The minimum atomic E-state index is 0.403. The average molecular weight is 271 g/mol. The molecule has 2 nitrogen and oxygen atoms in total. The van der Waals surface area contributed by atoms with Crippen LogP contribution in [0.25, 0.3) is 21.8 Å². The molecule has 0 N–H and O–H groups in total. The number of rotatable bonds is 1. The smallest absolute Gasteiger partial charge is 0.130 e. The van der Waals surface area contributed by atoms with Gasteiger partial charge >= 0.3 is 0 Å². The van der Waals surface area contributed by atoms with Crippen LogP contribution < -0.4 is 0 Å². The number of hydrogen-bond donors (Lipinski definition) is 0. The largest absolute Gasteiger partial charge is 0.250 e. The third-order valence-electron chi connectivity index (χ3n) is 3.43. The molecule has 0 spiro atoms. The maximum absolute atomic E-state index is 6.09. The lowest BCUT2D eigenvalue weighted by molar-refractivity contribution is 0.830. The van der Waals surface area contributed by atoms with Crippen LogP contribution in [0.1, 0.15) is 31.0 Å². The van der Waals surface area contributed by atoms with E-state index in [1.807, 2.05) is 13.0 Å². The van der Waals surface area contributed by atoms with Crippen molar-refractivity contribution in [2.45, 2.75) is 26.7 Å². The van der Waals surface area contributed by atoms with E-state index in [1.165, 1.54) is 0 Å². The summed E-state index contributed by atoms with van der Waals surface area (Å²) in [6, 6.07) is 10.3. The highest BCUT2D eigenvalue weighted by atomic mass is 35.5. The van der Waals surface area contributed by atoms with E-state index >= 15 is 0 Å². The van der Waals surface area contributed by atoms with Crippen molar-refractivity contribution in [1.82, 2.24) is 9.97 Å². The van der Waals surface area contributed by atoms with Gasteiger partial charge in [-0.25, -0.2) is 4.98 Å². The van der Waals surface area contributed by atoms with Crippen LogP contribution in [0.4, 0.5) is 0 Å². The van der Waals surface area contributed by atoms with Crippen LogP contribution in [-0.2, 0) is 0 Å². The standard InChI is InChI=1S/C16H15ClN2/c1-9(2)13-7-5-11-4-6-12-10(3)8-14(17)19-16(12)15(11)18-13/h4-9H,1-3H3. The van der Waals surface area contributed by atoms with Gasteiger partial charge in [-0.2, -0.15) is 0 Å². The van der Waals surface area contributed by atoms with Gasteiger partial charge in [0.05, 0.1) is 11.0 Å². The van der Waals surface area contributed by atoms with Crippen molar-refractivity contribution in [1.29, 1.82) is 0 Å². The van der Waals surface area contributed by atoms with Crippen molar-refractivity contribution in [3.8, 4) is 0 Å². The van der Waals surface area contributed by atoms with Gasteiger partial charge < -0.3 is 0 Å². The Balaban J connectivity index is 2.46. The first-order valence-electron chi connectivity index (χ1n) is 6.43. The van der Waals surface area contributed by atoms with Crippen molar-refractivity contribution in [3.05, 3.63) is 46.7 Å². The molecule has 2 heterocycles. The van der Waals surface area contributed by atoms with E-state index < -0.39 is 0 Å². The number of aryl methyl sites for hydroxylation is 1. The van der Waals surface area contributed by atoms with E-state index in [4.69, 9.17) is 16.6 Å². The number of nitrogens with zero attached hydrogens (tertiary/aromatic N) is 2. The molecular formula is C16H15ClN2. The number of halogens is 1. The fourth-order valence-corrected chi connectivity index (χ4v) is 2.59. The van der Waals surface area contributed by atoms with Gasteiger partial charge in [0.25, 0.3) is 0 Å². The zero-order chi connectivity index (χ0) is 13.6. The number of benzene rings is 1. The first-order chi connectivity index (χ1) is 9.06. The quantitative estimate of drug-likeness (QED) is 0.466. The summed E-state index contributed by atoms with van der Waals surface area (Å²) in [5, 5.41) is 2.74. The predicted octanol–water partition coefficient (Wildman–Crippen LogP) is 4.87. The van der Waals surface area contributed by atoms with Gasteiger partial charge in [-0.3, -0.25) is 4.98 Å². The molecule has 0 saturated heterocycles. The normalized spacial score (nSPS) is 11.6. The van der Waals surface area contributed by atoms with E-state index in [0.29, 0.717) is 11.1 Å². The highest BCUT2D eigenvalue weighted by molar-refractivity contribution is 6.30. The fraction of sp³-hybridized carbons (Fsp3) is 0.250. The first kappa shape index (κ1) is 12.4. The number of aromatic nitrogens is 2. The molecule has 0 aliphatic carbocycles. The van der Waals surface area contributed by atoms with Crippen LogP contribution >= 0.6 is 11.6 Å². The van der Waals surface area contributed by atoms with E-state index in [9.17, 15) is 0 Å². The minimum Gasteiger partial charge on any atom is -0.250 e. The summed E-state index contributed by atoms with van der Waals surface area (Å²) < 4.78 is 0. The highest BCUT2D eigenvalue weighted by Gasteiger charge is 2.09. The molecule has 96 valence electrons. The Bertz CT molecular complexity index is 778. The third kappa shape index (κ3) is 2.06. The molecule has 0 bridgehead atoms. The maximum atomic E-state index is 6.09. The molecule has 3 heteroatoms. The first-order valence-corrected chi connectivity index (χ1v) is 6.80. The van der Waals surface area contributed by atoms with Crippen LogP contribution in [0.3, 0.4) is 0 Å². The lowest BCUT2D eigenvalue weighted by Crippen LogP contribution is -1.95. The Morgan fingerprint density at radius 2 is 1.74 bits per heavy atom. The van der Waals surface area contributed by atoms with Crippen molar-refractivity contribution in [3.63, 3.8) is 0 Å². The Labute approximate surface area is 117 Å². The predicted molar refractivity (Wildman–Crippen MR) is 80.9 cm³/mol. The zero-order valence-corrected chi connectivity index (χ0v) is 12.0. The van der Waals surface area contributed by atoms with Gasteiger partial charge in [0, 0.05) is 16.5 Å². The summed E-state index contributed by atoms with van der Waals surface area (Å²) in [6.07, 6.45) is 0. The summed E-state index contributed by atoms with van der Waals surface area (Å²) in [5.41, 5.74) is 4.05. The van der Waals surface area contributed by atoms with Crippen molar-refractivity contribution in [2.75, 3.05) is 0 Å². The van der Waals surface area contributed by atoms with Gasteiger partial charge in [-0.1, -0.05) is 43.6 Å². The van der Waals surface area contributed by atoms with E-state index in [2.05, 4.69) is 43.1 Å². The number of fused-ring (bicyclic) bond motifs is 3. The second-order valence-electron chi connectivity index (χ2n) is 5.19. The molecule has 0 unspecified atom stereocenters. The molecule has 0 atom stereocenters. The highest BCUT2D eigenvalue weighted by Crippen LogP contribution is 2.28. The van der Waals surface area contributed by atoms with Crippen molar-refractivity contribution < 1.29 is 0 Å². The van der Waals surface area contributed by atoms with Gasteiger partial charge in [0.2, 0.25) is 0 Å². The summed E-state index contributed by atoms with van der Waals surface area (Å²) in [6.45, 7) is 6.34. The van der Waals surface area contributed by atoms with Gasteiger partial charge in [0.15, 0.2) is 0 Å². The molecule has 3 rings (SSSR count). The Kier molecular flexibility index (Phi) is 2.90. The maximum Gasteiger partial charge on any atom is 0.130 e. The van der Waals surface area contributed by atoms with E-state index in [1.54, 1.807) is 0 Å². The topological polar surface area (TPSA) is 25.8 Å². The molecule has 0 fully saturated rings. The van der Waals surface area contributed by atoms with Crippen LogP contribution in [0, 0.1) is 6.92 Å². The van der Waals surface area contributed by atoms with E-state index in [-0.39, 0.29) is 0 Å². The molecular weight excluding hydrogens is 256 g/mol. The fourth-order valence-electron chi connectivity index (χ4n) is 2.34. The third-order valence-corrected chi connectivity index (χ3v) is 3.62.